The minimum absolute atomic E-state index is 0.0149. The van der Waals surface area contributed by atoms with Crippen LogP contribution in [0, 0.1) is 0 Å². The van der Waals surface area contributed by atoms with Crippen molar-refractivity contribution in [3.05, 3.63) is 60.2 Å². The Hall–Kier alpha value is -2.86. The lowest BCUT2D eigenvalue weighted by molar-refractivity contribution is -0.117. The maximum Gasteiger partial charge on any atom is 0.319 e. The Kier molecular flexibility index (Phi) is 8.49. The van der Waals surface area contributed by atoms with Gasteiger partial charge in [-0.3, -0.25) is 4.79 Å². The summed E-state index contributed by atoms with van der Waals surface area (Å²) in [4.78, 5) is 28.3. The van der Waals surface area contributed by atoms with Crippen LogP contribution in [0.5, 0.6) is 0 Å². The molecule has 0 saturated carbocycles. The largest absolute Gasteiger partial charge is 0.337 e. The molecule has 6 heteroatoms. The van der Waals surface area contributed by atoms with Gasteiger partial charge in [0.2, 0.25) is 5.91 Å². The molecule has 0 aromatic heterocycles. The molecule has 2 aromatic carbocycles. The number of anilines is 2. The summed E-state index contributed by atoms with van der Waals surface area (Å²) in [5, 5.41) is 5.67. The number of urea groups is 1. The van der Waals surface area contributed by atoms with Crippen molar-refractivity contribution in [2.24, 2.45) is 0 Å². The van der Waals surface area contributed by atoms with Crippen LogP contribution in [0.1, 0.15) is 19.4 Å². The van der Waals surface area contributed by atoms with Crippen molar-refractivity contribution in [2.45, 2.75) is 20.3 Å². The van der Waals surface area contributed by atoms with Crippen LogP contribution in [0.3, 0.4) is 0 Å². The van der Waals surface area contributed by atoms with Crippen LogP contribution < -0.4 is 15.5 Å². The van der Waals surface area contributed by atoms with E-state index in [9.17, 15) is 9.59 Å². The maximum absolute atomic E-state index is 12.4. The van der Waals surface area contributed by atoms with Gasteiger partial charge in [0.25, 0.3) is 0 Å². The van der Waals surface area contributed by atoms with Crippen molar-refractivity contribution in [3.8, 4) is 0 Å². The summed E-state index contributed by atoms with van der Waals surface area (Å²) >= 11 is 0. The van der Waals surface area contributed by atoms with Crippen LogP contribution in [-0.4, -0.2) is 50.1 Å². The van der Waals surface area contributed by atoms with E-state index < -0.39 is 0 Å². The lowest BCUT2D eigenvalue weighted by Crippen LogP contribution is -2.36. The second-order valence-electron chi connectivity index (χ2n) is 6.57. The second kappa shape index (κ2) is 11.1. The molecule has 0 heterocycles. The normalized spacial score (nSPS) is 10.6. The Morgan fingerprint density at radius 1 is 0.929 bits per heavy atom. The molecule has 150 valence electrons. The highest BCUT2D eigenvalue weighted by Gasteiger charge is 2.11. The fourth-order valence-electron chi connectivity index (χ4n) is 2.84. The second-order valence-corrected chi connectivity index (χ2v) is 6.57. The zero-order valence-corrected chi connectivity index (χ0v) is 16.9. The molecule has 0 aliphatic rings. The first kappa shape index (κ1) is 21.4. The molecule has 0 atom stereocenters. The summed E-state index contributed by atoms with van der Waals surface area (Å²) in [6.45, 7) is 7.59. The van der Waals surface area contributed by atoms with Crippen molar-refractivity contribution in [2.75, 3.05) is 43.4 Å². The molecule has 2 aromatic rings. The smallest absolute Gasteiger partial charge is 0.319 e. The summed E-state index contributed by atoms with van der Waals surface area (Å²) in [6, 6.07) is 16.7. The Balaban J connectivity index is 1.81. The summed E-state index contributed by atoms with van der Waals surface area (Å²) in [5.74, 6) is 0.0149. The number of nitrogens with zero attached hydrogens (tertiary/aromatic N) is 2. The zero-order chi connectivity index (χ0) is 20.4. The Labute approximate surface area is 167 Å². The first-order valence-electron chi connectivity index (χ1n) is 9.71. The van der Waals surface area contributed by atoms with Gasteiger partial charge in [0, 0.05) is 31.5 Å². The van der Waals surface area contributed by atoms with Gasteiger partial charge in [-0.1, -0.05) is 44.2 Å². The molecule has 2 rings (SSSR count). The predicted octanol–water partition coefficient (Wildman–Crippen LogP) is 3.36. The van der Waals surface area contributed by atoms with Crippen molar-refractivity contribution < 1.29 is 9.59 Å². The van der Waals surface area contributed by atoms with E-state index in [4.69, 9.17) is 0 Å². The van der Waals surface area contributed by atoms with Crippen LogP contribution in [0.2, 0.25) is 0 Å². The van der Waals surface area contributed by atoms with Crippen molar-refractivity contribution in [1.29, 1.82) is 0 Å². The molecule has 0 aliphatic carbocycles. The average Bonchev–Trinajstić information content (AvgIpc) is 2.72. The number of hydrogen-bond donors (Lipinski definition) is 2. The number of para-hydroxylation sites is 1. The Morgan fingerprint density at radius 2 is 1.57 bits per heavy atom. The van der Waals surface area contributed by atoms with Gasteiger partial charge in [0.05, 0.1) is 6.42 Å². The molecule has 0 fully saturated rings. The third-order valence-corrected chi connectivity index (χ3v) is 4.69. The van der Waals surface area contributed by atoms with Crippen LogP contribution >= 0.6 is 0 Å². The minimum atomic E-state index is -0.222. The quantitative estimate of drug-likeness (QED) is 0.699. The third kappa shape index (κ3) is 6.70. The highest BCUT2D eigenvalue weighted by Crippen LogP contribution is 2.15. The SMILES string of the molecule is CCN(CC)CCNC(=O)Nc1ccc(CC(=O)N(C)c2ccccc2)cc1. The molecular formula is C22H30N4O2. The summed E-state index contributed by atoms with van der Waals surface area (Å²) in [7, 11) is 1.77. The van der Waals surface area contributed by atoms with Gasteiger partial charge in [0.15, 0.2) is 0 Å². The van der Waals surface area contributed by atoms with Crippen molar-refractivity contribution in [3.63, 3.8) is 0 Å². The summed E-state index contributed by atoms with van der Waals surface area (Å²) in [5.41, 5.74) is 2.47. The Morgan fingerprint density at radius 3 is 2.18 bits per heavy atom. The minimum Gasteiger partial charge on any atom is -0.337 e. The van der Waals surface area contributed by atoms with E-state index in [0.29, 0.717) is 18.7 Å². The highest BCUT2D eigenvalue weighted by molar-refractivity contribution is 5.94. The number of benzene rings is 2. The lowest BCUT2D eigenvalue weighted by Gasteiger charge is -2.18. The number of nitrogens with one attached hydrogen (secondary N) is 2. The van der Waals surface area contributed by atoms with Crippen molar-refractivity contribution >= 4 is 23.3 Å². The molecular weight excluding hydrogens is 352 g/mol. The van der Waals surface area contributed by atoms with Crippen molar-refractivity contribution in [1.82, 2.24) is 10.2 Å². The monoisotopic (exact) mass is 382 g/mol. The number of carbonyl (C=O) groups excluding carboxylic acids is 2. The number of likely N-dealkylation sites (N-methyl/N-ethyl adjacent to an activating group) is 2. The molecule has 6 nitrogen and oxygen atoms in total. The molecule has 0 radical (unpaired) electrons. The van der Waals surface area contributed by atoms with E-state index >= 15 is 0 Å². The van der Waals surface area contributed by atoms with E-state index in [1.54, 1.807) is 11.9 Å². The predicted molar refractivity (Wildman–Crippen MR) is 115 cm³/mol. The third-order valence-electron chi connectivity index (χ3n) is 4.69. The number of hydrogen-bond acceptors (Lipinski definition) is 3. The first-order chi connectivity index (χ1) is 13.5. The van der Waals surface area contributed by atoms with Crippen LogP contribution in [0.4, 0.5) is 16.2 Å². The van der Waals surface area contributed by atoms with Gasteiger partial charge < -0.3 is 20.4 Å². The van der Waals surface area contributed by atoms with Crippen LogP contribution in [-0.2, 0) is 11.2 Å². The maximum atomic E-state index is 12.4. The highest BCUT2D eigenvalue weighted by atomic mass is 16.2. The molecule has 0 spiro atoms. The Bertz CT molecular complexity index is 743. The van der Waals surface area contributed by atoms with Crippen LogP contribution in [0.15, 0.2) is 54.6 Å². The molecule has 0 saturated heterocycles. The number of carbonyl (C=O) groups is 2. The van der Waals surface area contributed by atoms with Gasteiger partial charge in [-0.05, 0) is 42.9 Å². The lowest BCUT2D eigenvalue weighted by atomic mass is 10.1. The van der Waals surface area contributed by atoms with E-state index in [0.717, 1.165) is 30.9 Å². The van der Waals surface area contributed by atoms with Gasteiger partial charge in [0.1, 0.15) is 0 Å². The summed E-state index contributed by atoms with van der Waals surface area (Å²) in [6.07, 6.45) is 0.307. The van der Waals surface area contributed by atoms with Gasteiger partial charge >= 0.3 is 6.03 Å². The molecule has 0 unspecified atom stereocenters. The fraction of sp³-hybridized carbons (Fsp3) is 0.364. The zero-order valence-electron chi connectivity index (χ0n) is 16.9. The molecule has 2 N–H and O–H groups in total. The van der Waals surface area contributed by atoms with E-state index in [2.05, 4.69) is 29.4 Å². The van der Waals surface area contributed by atoms with Gasteiger partial charge in [-0.25, -0.2) is 4.79 Å². The molecule has 28 heavy (non-hydrogen) atoms. The van der Waals surface area contributed by atoms with E-state index in [1.807, 2.05) is 54.6 Å². The standard InChI is InChI=1S/C22H30N4O2/c1-4-26(5-2)16-15-23-22(28)24-19-13-11-18(12-14-19)17-21(27)25(3)20-9-7-6-8-10-20/h6-14H,4-5,15-17H2,1-3H3,(H2,23,24,28). The molecule has 0 aliphatic heterocycles. The topological polar surface area (TPSA) is 64.7 Å². The van der Waals surface area contributed by atoms with Crippen LogP contribution in [0.25, 0.3) is 0 Å². The molecule has 0 bridgehead atoms. The molecule has 3 amide bonds. The van der Waals surface area contributed by atoms with E-state index in [1.165, 1.54) is 0 Å². The van der Waals surface area contributed by atoms with E-state index in [-0.39, 0.29) is 11.9 Å². The fourth-order valence-corrected chi connectivity index (χ4v) is 2.84. The summed E-state index contributed by atoms with van der Waals surface area (Å²) < 4.78 is 0. The van der Waals surface area contributed by atoms with Gasteiger partial charge in [-0.15, -0.1) is 0 Å². The first-order valence-corrected chi connectivity index (χ1v) is 9.71. The number of rotatable bonds is 9. The number of amides is 3. The average molecular weight is 383 g/mol. The van der Waals surface area contributed by atoms with Gasteiger partial charge in [-0.2, -0.15) is 0 Å².